The fourth-order valence-electron chi connectivity index (χ4n) is 10.4. The van der Waals surface area contributed by atoms with Gasteiger partial charge in [0, 0.05) is 22.1 Å². The maximum atomic E-state index is 9.91. The van der Waals surface area contributed by atoms with Crippen LogP contribution in [-0.4, -0.2) is 15.0 Å². The summed E-state index contributed by atoms with van der Waals surface area (Å²) in [6.07, 6.45) is 6.61. The Balaban J connectivity index is 1.02. The van der Waals surface area contributed by atoms with Crippen molar-refractivity contribution in [3.63, 3.8) is 0 Å². The summed E-state index contributed by atoms with van der Waals surface area (Å²) >= 11 is 0. The first-order valence-corrected chi connectivity index (χ1v) is 20.4. The molecule has 4 nitrogen and oxygen atoms in total. The first-order chi connectivity index (χ1) is 27.9. The van der Waals surface area contributed by atoms with Gasteiger partial charge in [-0.2, -0.15) is 5.26 Å². The molecule has 0 radical (unpaired) electrons. The van der Waals surface area contributed by atoms with E-state index in [0.717, 1.165) is 72.7 Å². The summed E-state index contributed by atoms with van der Waals surface area (Å²) in [7, 11) is 0. The third-order valence-electron chi connectivity index (χ3n) is 12.7. The predicted octanol–water partition coefficient (Wildman–Crippen LogP) is 13.5. The summed E-state index contributed by atoms with van der Waals surface area (Å²) in [5.74, 6) is 4.34. The van der Waals surface area contributed by atoms with Crippen LogP contribution in [0, 0.1) is 29.1 Å². The third kappa shape index (κ3) is 6.58. The van der Waals surface area contributed by atoms with Crippen LogP contribution >= 0.6 is 0 Å². The third-order valence-corrected chi connectivity index (χ3v) is 12.7. The van der Waals surface area contributed by atoms with E-state index in [0.29, 0.717) is 23.0 Å². The molecule has 2 bridgehead atoms. The quantitative estimate of drug-likeness (QED) is 0.159. The first-order valence-electron chi connectivity index (χ1n) is 20.4. The lowest BCUT2D eigenvalue weighted by Gasteiger charge is -2.50. The van der Waals surface area contributed by atoms with Gasteiger partial charge in [0.1, 0.15) is 0 Å². The van der Waals surface area contributed by atoms with E-state index in [1.807, 2.05) is 30.3 Å². The van der Waals surface area contributed by atoms with Crippen LogP contribution in [0.25, 0.3) is 78.0 Å². The molecular formula is C53H44N4. The van der Waals surface area contributed by atoms with E-state index in [4.69, 9.17) is 15.0 Å². The van der Waals surface area contributed by atoms with Crippen molar-refractivity contribution in [3.05, 3.63) is 163 Å². The first kappa shape index (κ1) is 35.0. The van der Waals surface area contributed by atoms with Crippen molar-refractivity contribution in [1.82, 2.24) is 15.0 Å². The topological polar surface area (TPSA) is 62.5 Å². The molecule has 8 aromatic rings. The van der Waals surface area contributed by atoms with Gasteiger partial charge >= 0.3 is 0 Å². The molecule has 0 amide bonds. The van der Waals surface area contributed by atoms with Crippen molar-refractivity contribution >= 4 is 21.5 Å². The van der Waals surface area contributed by atoms with E-state index in [-0.39, 0.29) is 5.41 Å². The van der Waals surface area contributed by atoms with E-state index in [2.05, 4.69) is 141 Å². The molecule has 2 aliphatic rings. The van der Waals surface area contributed by atoms with Crippen LogP contribution in [0.1, 0.15) is 57.1 Å². The highest BCUT2D eigenvalue weighted by Gasteiger charge is 2.45. The molecule has 2 fully saturated rings. The number of benzene rings is 7. The average molecular weight is 737 g/mol. The van der Waals surface area contributed by atoms with E-state index < -0.39 is 0 Å². The second kappa shape index (κ2) is 14.3. The number of hydrogen-bond acceptors (Lipinski definition) is 4. The molecule has 2 unspecified atom stereocenters. The molecule has 57 heavy (non-hydrogen) atoms. The molecule has 4 atom stereocenters. The summed E-state index contributed by atoms with van der Waals surface area (Å²) in [5.41, 5.74) is 9.83. The molecule has 2 saturated carbocycles. The number of fused-ring (bicyclic) bond motifs is 5. The largest absolute Gasteiger partial charge is 0.208 e. The Morgan fingerprint density at radius 3 is 1.53 bits per heavy atom. The van der Waals surface area contributed by atoms with Gasteiger partial charge in [0.2, 0.25) is 0 Å². The Labute approximate surface area is 334 Å². The number of rotatable bonds is 6. The average Bonchev–Trinajstić information content (AvgIpc) is 3.25. The lowest BCUT2D eigenvalue weighted by Crippen LogP contribution is -2.42. The van der Waals surface area contributed by atoms with Gasteiger partial charge in [0.25, 0.3) is 0 Å². The molecule has 276 valence electrons. The van der Waals surface area contributed by atoms with Crippen LogP contribution in [0.15, 0.2) is 152 Å². The molecular weight excluding hydrogens is 693 g/mol. The monoisotopic (exact) mass is 736 g/mol. The van der Waals surface area contributed by atoms with Crippen molar-refractivity contribution in [3.8, 4) is 62.5 Å². The molecule has 7 aromatic carbocycles. The fourth-order valence-corrected chi connectivity index (χ4v) is 10.4. The molecule has 0 N–H and O–H groups in total. The lowest BCUT2D eigenvalue weighted by molar-refractivity contribution is 0.0780. The van der Waals surface area contributed by atoms with Crippen molar-refractivity contribution in [2.45, 2.75) is 51.4 Å². The van der Waals surface area contributed by atoms with Crippen LogP contribution < -0.4 is 0 Å². The lowest BCUT2D eigenvalue weighted by atomic mass is 9.54. The second-order valence-corrected chi connectivity index (χ2v) is 16.9. The van der Waals surface area contributed by atoms with Gasteiger partial charge in [-0.25, -0.2) is 15.0 Å². The highest BCUT2D eigenvalue weighted by atomic mass is 15.0. The SMILES string of the molecule is C[C@@H]1CC2C[C@H](C)CC(c3ccc(-c4nc(-c5ccc(-c6ccccc6)cc5)nc(-c5ccc(-c6ccc7c(c6)cc(C#N)c6ccccc67)cc5)n4)cc3)(C2)C1. The summed E-state index contributed by atoms with van der Waals surface area (Å²) in [6.45, 7) is 4.90. The van der Waals surface area contributed by atoms with Crippen LogP contribution in [0.4, 0.5) is 0 Å². The van der Waals surface area contributed by atoms with E-state index in [1.165, 1.54) is 43.2 Å². The molecule has 2 aliphatic carbocycles. The van der Waals surface area contributed by atoms with E-state index >= 15 is 0 Å². The number of hydrogen-bond donors (Lipinski definition) is 0. The van der Waals surface area contributed by atoms with Gasteiger partial charge in [0.15, 0.2) is 17.5 Å². The van der Waals surface area contributed by atoms with Crippen LogP contribution in [0.2, 0.25) is 0 Å². The Bertz CT molecular complexity index is 2780. The summed E-state index contributed by atoms with van der Waals surface area (Å²) in [5, 5.41) is 14.2. The Morgan fingerprint density at radius 1 is 0.474 bits per heavy atom. The number of nitrogens with zero attached hydrogens (tertiary/aromatic N) is 4. The van der Waals surface area contributed by atoms with Gasteiger partial charge in [-0.05, 0) is 111 Å². The van der Waals surface area contributed by atoms with Crippen LogP contribution in [0.5, 0.6) is 0 Å². The van der Waals surface area contributed by atoms with Crippen LogP contribution in [-0.2, 0) is 5.41 Å². The van der Waals surface area contributed by atoms with Gasteiger partial charge in [-0.15, -0.1) is 0 Å². The van der Waals surface area contributed by atoms with Crippen molar-refractivity contribution < 1.29 is 0 Å². The second-order valence-electron chi connectivity index (χ2n) is 16.9. The maximum Gasteiger partial charge on any atom is 0.164 e. The smallest absolute Gasteiger partial charge is 0.164 e. The van der Waals surface area contributed by atoms with E-state index in [9.17, 15) is 5.26 Å². The zero-order valence-corrected chi connectivity index (χ0v) is 32.5. The maximum absolute atomic E-state index is 9.91. The minimum Gasteiger partial charge on any atom is -0.208 e. The summed E-state index contributed by atoms with van der Waals surface area (Å²) in [4.78, 5) is 15.3. The van der Waals surface area contributed by atoms with Crippen molar-refractivity contribution in [2.24, 2.45) is 17.8 Å². The van der Waals surface area contributed by atoms with Gasteiger partial charge in [-0.1, -0.05) is 153 Å². The molecule has 4 heteroatoms. The Morgan fingerprint density at radius 2 is 0.947 bits per heavy atom. The number of aromatic nitrogens is 3. The molecule has 0 spiro atoms. The zero-order chi connectivity index (χ0) is 38.5. The molecule has 0 saturated heterocycles. The molecule has 0 aliphatic heterocycles. The Hall–Kier alpha value is -6.44. The highest BCUT2D eigenvalue weighted by Crippen LogP contribution is 2.54. The molecule has 1 aromatic heterocycles. The Kier molecular flexibility index (Phi) is 8.75. The van der Waals surface area contributed by atoms with Crippen molar-refractivity contribution in [2.75, 3.05) is 0 Å². The van der Waals surface area contributed by atoms with Crippen molar-refractivity contribution in [1.29, 1.82) is 5.26 Å². The summed E-state index contributed by atoms with van der Waals surface area (Å²) < 4.78 is 0. The standard InChI is InChI=1S/C53H44N4/c1-34-26-36-27-35(2)31-53(30-34,32-36)46-23-20-42(21-24-46)52-56-50(40-16-12-38(13-17-40)37-8-4-3-5-9-37)55-51(57-52)41-18-14-39(15-19-41)43-22-25-48-44(28-43)29-45(33-54)47-10-6-7-11-49(47)48/h3-25,28-29,34-36H,26-27,30-32H2,1-2H3/t34-,35+,36?,53?. The normalized spacial score (nSPS) is 20.3. The number of nitriles is 1. The fraction of sp³-hybridized carbons (Fsp3) is 0.208. The van der Waals surface area contributed by atoms with Crippen LogP contribution in [0.3, 0.4) is 0 Å². The van der Waals surface area contributed by atoms with Gasteiger partial charge in [0.05, 0.1) is 11.6 Å². The highest BCUT2D eigenvalue weighted by molar-refractivity contribution is 6.10. The minimum atomic E-state index is 0.271. The predicted molar refractivity (Wildman–Crippen MR) is 233 cm³/mol. The molecule has 1 heterocycles. The molecule has 10 rings (SSSR count). The van der Waals surface area contributed by atoms with E-state index in [1.54, 1.807) is 0 Å². The van der Waals surface area contributed by atoms with Gasteiger partial charge in [-0.3, -0.25) is 0 Å². The summed E-state index contributed by atoms with van der Waals surface area (Å²) in [6, 6.07) is 55.7. The minimum absolute atomic E-state index is 0.271. The zero-order valence-electron chi connectivity index (χ0n) is 32.5. The van der Waals surface area contributed by atoms with Gasteiger partial charge < -0.3 is 0 Å².